The second-order valence-electron chi connectivity index (χ2n) is 6.62. The summed E-state index contributed by atoms with van der Waals surface area (Å²) < 4.78 is 13.3. The van der Waals surface area contributed by atoms with Crippen LogP contribution >= 0.6 is 0 Å². The van der Waals surface area contributed by atoms with E-state index in [1.54, 1.807) is 12.4 Å². The van der Waals surface area contributed by atoms with Crippen LogP contribution in [0.4, 0.5) is 0 Å². The van der Waals surface area contributed by atoms with Gasteiger partial charge >= 0.3 is 0 Å². The molecule has 0 aliphatic carbocycles. The Balaban J connectivity index is 1.39. The number of ether oxygens (including phenoxy) is 1. The van der Waals surface area contributed by atoms with Gasteiger partial charge in [0, 0.05) is 50.2 Å². The van der Waals surface area contributed by atoms with Gasteiger partial charge < -0.3 is 13.8 Å². The summed E-state index contributed by atoms with van der Waals surface area (Å²) in [5, 5.41) is 4.11. The van der Waals surface area contributed by atoms with E-state index in [0.29, 0.717) is 6.61 Å². The number of rotatable bonds is 6. The van der Waals surface area contributed by atoms with E-state index in [0.717, 1.165) is 49.1 Å². The van der Waals surface area contributed by atoms with Crippen molar-refractivity contribution >= 4 is 0 Å². The molecule has 3 aromatic heterocycles. The quantitative estimate of drug-likeness (QED) is 0.679. The van der Waals surface area contributed by atoms with Crippen molar-refractivity contribution in [1.82, 2.24) is 24.6 Å². The van der Waals surface area contributed by atoms with E-state index in [9.17, 15) is 0 Å². The van der Waals surface area contributed by atoms with Crippen LogP contribution in [0, 0.1) is 6.92 Å². The van der Waals surface area contributed by atoms with Crippen molar-refractivity contribution in [2.24, 2.45) is 0 Å². The number of aryl methyl sites for hydroxylation is 1. The molecule has 136 valence electrons. The molecule has 1 atom stereocenters. The Kier molecular flexibility index (Phi) is 4.71. The number of fused-ring (bicyclic) bond motifs is 1. The van der Waals surface area contributed by atoms with Crippen LogP contribution in [0.2, 0.25) is 0 Å². The third kappa shape index (κ3) is 3.48. The summed E-state index contributed by atoms with van der Waals surface area (Å²) >= 11 is 0. The van der Waals surface area contributed by atoms with Crippen LogP contribution in [0.5, 0.6) is 5.75 Å². The number of nitrogens with zero attached hydrogens (tertiary/aromatic N) is 5. The predicted octanol–water partition coefficient (Wildman–Crippen LogP) is 2.77. The Morgan fingerprint density at radius 3 is 3.00 bits per heavy atom. The first-order chi connectivity index (χ1) is 12.7. The van der Waals surface area contributed by atoms with E-state index >= 15 is 0 Å². The van der Waals surface area contributed by atoms with Crippen molar-refractivity contribution in [3.63, 3.8) is 0 Å². The zero-order valence-corrected chi connectivity index (χ0v) is 15.1. The van der Waals surface area contributed by atoms with Gasteiger partial charge in [0.15, 0.2) is 0 Å². The summed E-state index contributed by atoms with van der Waals surface area (Å²) in [6.45, 7) is 7.41. The largest absolute Gasteiger partial charge is 0.492 e. The number of hydrogen-bond acceptors (Lipinski definition) is 6. The molecule has 1 aliphatic rings. The molecule has 0 amide bonds. The SMILES string of the molecule is Cc1cc(CN2CCn3c(CCOc4cccnc4)cnc3C2C)no1. The molecule has 0 fully saturated rings. The average Bonchev–Trinajstić information content (AvgIpc) is 3.25. The molecule has 7 nitrogen and oxygen atoms in total. The highest BCUT2D eigenvalue weighted by Crippen LogP contribution is 2.27. The highest BCUT2D eigenvalue weighted by atomic mass is 16.5. The number of hydrogen-bond donors (Lipinski definition) is 0. The molecule has 0 saturated carbocycles. The standard InChI is InChI=1S/C19H23N5O2/c1-14-10-16(22-26-14)13-23-7-8-24-17(11-21-19(24)15(23)2)5-9-25-18-4-3-6-20-12-18/h3-4,6,10-12,15H,5,7-9,13H2,1-2H3. The van der Waals surface area contributed by atoms with Crippen molar-refractivity contribution in [2.75, 3.05) is 13.2 Å². The lowest BCUT2D eigenvalue weighted by Crippen LogP contribution is -2.37. The Labute approximate surface area is 152 Å². The van der Waals surface area contributed by atoms with E-state index in [1.165, 1.54) is 5.69 Å². The third-order valence-corrected chi connectivity index (χ3v) is 4.80. The topological polar surface area (TPSA) is 69.2 Å². The second kappa shape index (κ2) is 7.29. The highest BCUT2D eigenvalue weighted by Gasteiger charge is 2.27. The minimum Gasteiger partial charge on any atom is -0.492 e. The van der Waals surface area contributed by atoms with E-state index in [1.807, 2.05) is 31.3 Å². The van der Waals surface area contributed by atoms with Crippen molar-refractivity contribution in [1.29, 1.82) is 0 Å². The summed E-state index contributed by atoms with van der Waals surface area (Å²) in [5.41, 5.74) is 2.19. The van der Waals surface area contributed by atoms with E-state index < -0.39 is 0 Å². The molecule has 7 heteroatoms. The van der Waals surface area contributed by atoms with Gasteiger partial charge in [-0.05, 0) is 26.0 Å². The van der Waals surface area contributed by atoms with Crippen molar-refractivity contribution in [2.45, 2.75) is 39.4 Å². The lowest BCUT2D eigenvalue weighted by molar-refractivity contribution is 0.150. The molecule has 26 heavy (non-hydrogen) atoms. The normalized spacial score (nSPS) is 17.2. The van der Waals surface area contributed by atoms with Gasteiger partial charge in [0.25, 0.3) is 0 Å². The smallest absolute Gasteiger partial charge is 0.137 e. The number of aromatic nitrogens is 4. The third-order valence-electron chi connectivity index (χ3n) is 4.80. The summed E-state index contributed by atoms with van der Waals surface area (Å²) in [4.78, 5) is 11.1. The van der Waals surface area contributed by atoms with Crippen molar-refractivity contribution in [3.05, 3.63) is 59.8 Å². The van der Waals surface area contributed by atoms with E-state index in [4.69, 9.17) is 9.26 Å². The molecule has 1 unspecified atom stereocenters. The molecular weight excluding hydrogens is 330 g/mol. The molecule has 0 N–H and O–H groups in total. The maximum Gasteiger partial charge on any atom is 0.137 e. The summed E-state index contributed by atoms with van der Waals surface area (Å²) in [6, 6.07) is 6.04. The average molecular weight is 353 g/mol. The van der Waals surface area contributed by atoms with E-state index in [2.05, 4.69) is 31.5 Å². The van der Waals surface area contributed by atoms with Crippen LogP contribution in [-0.4, -0.2) is 37.7 Å². The van der Waals surface area contributed by atoms with Crippen LogP contribution in [-0.2, 0) is 19.5 Å². The first-order valence-electron chi connectivity index (χ1n) is 8.94. The molecule has 1 aliphatic heterocycles. The molecule has 4 rings (SSSR count). The lowest BCUT2D eigenvalue weighted by atomic mass is 10.2. The van der Waals surface area contributed by atoms with Crippen molar-refractivity contribution < 1.29 is 9.26 Å². The van der Waals surface area contributed by atoms with Crippen LogP contribution in [0.3, 0.4) is 0 Å². The van der Waals surface area contributed by atoms with Crippen LogP contribution in [0.15, 0.2) is 41.3 Å². The maximum atomic E-state index is 5.77. The van der Waals surface area contributed by atoms with Gasteiger partial charge in [-0.25, -0.2) is 4.98 Å². The molecular formula is C19H23N5O2. The minimum atomic E-state index is 0.244. The van der Waals surface area contributed by atoms with Crippen LogP contribution < -0.4 is 4.74 Å². The Morgan fingerprint density at radius 1 is 1.31 bits per heavy atom. The molecule has 4 heterocycles. The van der Waals surface area contributed by atoms with E-state index in [-0.39, 0.29) is 6.04 Å². The van der Waals surface area contributed by atoms with Crippen LogP contribution in [0.1, 0.15) is 35.9 Å². The fraction of sp³-hybridized carbons (Fsp3) is 0.421. The van der Waals surface area contributed by atoms with Crippen molar-refractivity contribution in [3.8, 4) is 5.75 Å². The fourth-order valence-corrected chi connectivity index (χ4v) is 3.43. The van der Waals surface area contributed by atoms with Gasteiger partial charge in [0.2, 0.25) is 0 Å². The Hall–Kier alpha value is -2.67. The number of imidazole rings is 1. The summed E-state index contributed by atoms with van der Waals surface area (Å²) in [7, 11) is 0. The molecule has 0 aromatic carbocycles. The molecule has 0 spiro atoms. The predicted molar refractivity (Wildman–Crippen MR) is 95.7 cm³/mol. The first kappa shape index (κ1) is 16.8. The zero-order valence-electron chi connectivity index (χ0n) is 15.1. The first-order valence-corrected chi connectivity index (χ1v) is 8.94. The van der Waals surface area contributed by atoms with Gasteiger partial charge in [-0.15, -0.1) is 0 Å². The monoisotopic (exact) mass is 353 g/mol. The van der Waals surface area contributed by atoms with Gasteiger partial charge in [0.1, 0.15) is 17.3 Å². The second-order valence-corrected chi connectivity index (χ2v) is 6.62. The minimum absolute atomic E-state index is 0.244. The fourth-order valence-electron chi connectivity index (χ4n) is 3.43. The van der Waals surface area contributed by atoms with Crippen LogP contribution in [0.25, 0.3) is 0 Å². The molecule has 0 bridgehead atoms. The number of pyridine rings is 1. The van der Waals surface area contributed by atoms with Gasteiger partial charge in [-0.2, -0.15) is 0 Å². The maximum absolute atomic E-state index is 5.77. The van der Waals surface area contributed by atoms with Gasteiger partial charge in [-0.3, -0.25) is 9.88 Å². The van der Waals surface area contributed by atoms with Gasteiger partial charge in [0.05, 0.1) is 24.5 Å². The Bertz CT molecular complexity index is 858. The highest BCUT2D eigenvalue weighted by molar-refractivity contribution is 5.16. The lowest BCUT2D eigenvalue weighted by Gasteiger charge is -2.33. The summed E-state index contributed by atoms with van der Waals surface area (Å²) in [5.74, 6) is 2.75. The molecule has 0 saturated heterocycles. The summed E-state index contributed by atoms with van der Waals surface area (Å²) in [6.07, 6.45) is 6.28. The zero-order chi connectivity index (χ0) is 17.9. The molecule has 0 radical (unpaired) electrons. The van der Waals surface area contributed by atoms with Gasteiger partial charge in [-0.1, -0.05) is 5.16 Å². The molecule has 3 aromatic rings. The Morgan fingerprint density at radius 2 is 2.23 bits per heavy atom.